The van der Waals surface area contributed by atoms with E-state index in [9.17, 15) is 31.4 Å². The fourth-order valence-corrected chi connectivity index (χ4v) is 2.05. The first kappa shape index (κ1) is 14.7. The maximum absolute atomic E-state index is 13.1. The van der Waals surface area contributed by atoms with Gasteiger partial charge in [0, 0.05) is 24.2 Å². The Hall–Kier alpha value is -1.70. The summed E-state index contributed by atoms with van der Waals surface area (Å²) in [5.74, 6) is -0.724. The third-order valence-electron chi connectivity index (χ3n) is 3.11. The predicted octanol–water partition coefficient (Wildman–Crippen LogP) is 3.33. The molecule has 0 aliphatic heterocycles. The molecule has 20 heavy (non-hydrogen) atoms. The zero-order valence-corrected chi connectivity index (χ0v) is 10.0. The van der Waals surface area contributed by atoms with Gasteiger partial charge in [-0.3, -0.25) is 0 Å². The van der Waals surface area contributed by atoms with Gasteiger partial charge in [-0.25, -0.2) is 13.2 Å². The van der Waals surface area contributed by atoms with Crippen LogP contribution in [0, 0.1) is 5.82 Å². The van der Waals surface area contributed by atoms with Gasteiger partial charge in [0.2, 0.25) is 5.60 Å². The smallest absolute Gasteiger partial charge is 0.372 e. The summed E-state index contributed by atoms with van der Waals surface area (Å²) in [5, 5.41) is 9.21. The molecule has 0 radical (unpaired) electrons. The number of benzene rings is 1. The minimum Gasteiger partial charge on any atom is -0.372 e. The van der Waals surface area contributed by atoms with Gasteiger partial charge >= 0.3 is 6.18 Å². The average Bonchev–Trinajstić information content (AvgIpc) is 2.64. The molecule has 1 atom stereocenters. The van der Waals surface area contributed by atoms with Crippen molar-refractivity contribution < 1.29 is 31.4 Å². The van der Waals surface area contributed by atoms with Crippen LogP contribution in [0.5, 0.6) is 0 Å². The van der Waals surface area contributed by atoms with Crippen LogP contribution in [0.15, 0.2) is 24.4 Å². The van der Waals surface area contributed by atoms with Crippen LogP contribution in [0.4, 0.5) is 26.3 Å². The Morgan fingerprint density at radius 3 is 2.30 bits per heavy atom. The second kappa shape index (κ2) is 4.41. The Labute approximate surface area is 109 Å². The molecule has 1 aromatic heterocycles. The number of halogens is 6. The van der Waals surface area contributed by atoms with Crippen LogP contribution in [0.1, 0.15) is 5.56 Å². The standard InChI is InChI=1S/C12H9F6NO/c1-19-5-8(7-3-2-6(13)4-9(7)19)11(20,10(14)15)12(16,17)18/h2-5,10,20H,1H3. The summed E-state index contributed by atoms with van der Waals surface area (Å²) in [6.07, 6.45) is -8.91. The number of alkyl halides is 5. The first-order valence-corrected chi connectivity index (χ1v) is 5.41. The molecular weight excluding hydrogens is 288 g/mol. The molecule has 2 rings (SSSR count). The van der Waals surface area contributed by atoms with E-state index in [1.807, 2.05) is 0 Å². The van der Waals surface area contributed by atoms with Crippen molar-refractivity contribution in [3.8, 4) is 0 Å². The number of hydrogen-bond acceptors (Lipinski definition) is 1. The minimum absolute atomic E-state index is 0.0247. The van der Waals surface area contributed by atoms with Gasteiger partial charge in [-0.1, -0.05) is 0 Å². The first-order valence-electron chi connectivity index (χ1n) is 5.41. The molecular formula is C12H9F6NO. The highest BCUT2D eigenvalue weighted by Crippen LogP contribution is 2.46. The van der Waals surface area contributed by atoms with E-state index in [-0.39, 0.29) is 10.9 Å². The SMILES string of the molecule is Cn1cc(C(O)(C(F)F)C(F)(F)F)c2ccc(F)cc21. The lowest BCUT2D eigenvalue weighted by atomic mass is 9.93. The maximum Gasteiger partial charge on any atom is 0.427 e. The molecule has 0 aliphatic rings. The van der Waals surface area contributed by atoms with E-state index in [0.717, 1.165) is 29.0 Å². The lowest BCUT2D eigenvalue weighted by Crippen LogP contribution is -2.48. The van der Waals surface area contributed by atoms with Crippen molar-refractivity contribution >= 4 is 10.9 Å². The largest absolute Gasteiger partial charge is 0.427 e. The molecule has 0 spiro atoms. The molecule has 0 bridgehead atoms. The second-order valence-corrected chi connectivity index (χ2v) is 4.38. The normalized spacial score (nSPS) is 15.8. The highest BCUT2D eigenvalue weighted by atomic mass is 19.4. The number of aryl methyl sites for hydroxylation is 1. The van der Waals surface area contributed by atoms with E-state index in [1.54, 1.807) is 0 Å². The number of rotatable bonds is 2. The predicted molar refractivity (Wildman–Crippen MR) is 58.8 cm³/mol. The van der Waals surface area contributed by atoms with Gasteiger partial charge in [-0.05, 0) is 18.2 Å². The Kier molecular flexibility index (Phi) is 3.24. The first-order chi connectivity index (χ1) is 9.09. The van der Waals surface area contributed by atoms with Crippen LogP contribution in [0.2, 0.25) is 0 Å². The summed E-state index contributed by atoms with van der Waals surface area (Å²) in [7, 11) is 1.27. The van der Waals surface area contributed by atoms with Crippen molar-refractivity contribution in [3.63, 3.8) is 0 Å². The summed E-state index contributed by atoms with van der Waals surface area (Å²) in [4.78, 5) is 0. The number of nitrogens with zero attached hydrogens (tertiary/aromatic N) is 1. The fraction of sp³-hybridized carbons (Fsp3) is 0.333. The van der Waals surface area contributed by atoms with Crippen LogP contribution >= 0.6 is 0 Å². The molecule has 0 amide bonds. The molecule has 1 aromatic carbocycles. The van der Waals surface area contributed by atoms with Gasteiger partial charge in [0.05, 0.1) is 5.52 Å². The van der Waals surface area contributed by atoms with Crippen molar-refractivity contribution in [1.29, 1.82) is 0 Å². The summed E-state index contributed by atoms with van der Waals surface area (Å²) in [6, 6.07) is 2.67. The minimum atomic E-state index is -5.57. The Balaban J connectivity index is 2.80. The summed E-state index contributed by atoms with van der Waals surface area (Å²) >= 11 is 0. The van der Waals surface area contributed by atoms with Crippen molar-refractivity contribution in [2.24, 2.45) is 7.05 Å². The quantitative estimate of drug-likeness (QED) is 0.845. The third kappa shape index (κ3) is 1.94. The van der Waals surface area contributed by atoms with Gasteiger partial charge in [-0.2, -0.15) is 13.2 Å². The zero-order chi connectivity index (χ0) is 15.3. The van der Waals surface area contributed by atoms with Gasteiger partial charge < -0.3 is 9.67 Å². The molecule has 0 fully saturated rings. The average molecular weight is 297 g/mol. The molecule has 0 saturated heterocycles. The van der Waals surface area contributed by atoms with E-state index in [0.29, 0.717) is 0 Å². The zero-order valence-electron chi connectivity index (χ0n) is 10.0. The van der Waals surface area contributed by atoms with Crippen molar-refractivity contribution in [3.05, 3.63) is 35.8 Å². The Morgan fingerprint density at radius 1 is 1.20 bits per heavy atom. The van der Waals surface area contributed by atoms with E-state index in [4.69, 9.17) is 0 Å². The van der Waals surface area contributed by atoms with Gasteiger partial charge in [0.15, 0.2) is 0 Å². The summed E-state index contributed by atoms with van der Waals surface area (Å²) in [6.45, 7) is 0. The van der Waals surface area contributed by atoms with Crippen molar-refractivity contribution in [1.82, 2.24) is 4.57 Å². The van der Waals surface area contributed by atoms with Gasteiger partial charge in [-0.15, -0.1) is 0 Å². The molecule has 1 N–H and O–H groups in total. The Morgan fingerprint density at radius 2 is 1.80 bits per heavy atom. The highest BCUT2D eigenvalue weighted by molar-refractivity contribution is 5.85. The van der Waals surface area contributed by atoms with E-state index in [1.165, 1.54) is 7.05 Å². The number of aliphatic hydroxyl groups is 1. The molecule has 8 heteroatoms. The number of hydrogen-bond donors (Lipinski definition) is 1. The molecule has 2 aromatic rings. The van der Waals surface area contributed by atoms with Crippen LogP contribution in [-0.4, -0.2) is 22.3 Å². The van der Waals surface area contributed by atoms with E-state index < -0.39 is 29.6 Å². The van der Waals surface area contributed by atoms with E-state index in [2.05, 4.69) is 0 Å². The van der Waals surface area contributed by atoms with Crippen molar-refractivity contribution in [2.45, 2.75) is 18.2 Å². The highest BCUT2D eigenvalue weighted by Gasteiger charge is 2.62. The van der Waals surface area contributed by atoms with Crippen LogP contribution < -0.4 is 0 Å². The Bertz CT molecular complexity index is 647. The van der Waals surface area contributed by atoms with Gasteiger partial charge in [0.25, 0.3) is 6.43 Å². The maximum atomic E-state index is 13.1. The molecule has 0 aliphatic carbocycles. The topological polar surface area (TPSA) is 25.2 Å². The van der Waals surface area contributed by atoms with Crippen LogP contribution in [0.3, 0.4) is 0 Å². The van der Waals surface area contributed by atoms with Crippen LogP contribution in [-0.2, 0) is 12.6 Å². The molecule has 1 unspecified atom stereocenters. The van der Waals surface area contributed by atoms with Crippen LogP contribution in [0.25, 0.3) is 10.9 Å². The molecule has 2 nitrogen and oxygen atoms in total. The number of aromatic nitrogens is 1. The molecule has 0 saturated carbocycles. The van der Waals surface area contributed by atoms with Gasteiger partial charge in [0.1, 0.15) is 5.82 Å². The van der Waals surface area contributed by atoms with E-state index >= 15 is 0 Å². The monoisotopic (exact) mass is 297 g/mol. The number of fused-ring (bicyclic) bond motifs is 1. The summed E-state index contributed by atoms with van der Waals surface area (Å²) in [5.41, 5.74) is -5.33. The fourth-order valence-electron chi connectivity index (χ4n) is 2.05. The summed E-state index contributed by atoms with van der Waals surface area (Å²) < 4.78 is 78.3. The lowest BCUT2D eigenvalue weighted by molar-refractivity contribution is -0.305. The molecule has 110 valence electrons. The molecule has 1 heterocycles. The second-order valence-electron chi connectivity index (χ2n) is 4.38. The van der Waals surface area contributed by atoms with Crippen molar-refractivity contribution in [2.75, 3.05) is 0 Å². The lowest BCUT2D eigenvalue weighted by Gasteiger charge is -2.29. The third-order valence-corrected chi connectivity index (χ3v) is 3.11.